The van der Waals surface area contributed by atoms with E-state index in [-0.39, 0.29) is 10.8 Å². The van der Waals surface area contributed by atoms with Crippen LogP contribution in [0.2, 0.25) is 0 Å². The molecule has 1 amide bonds. The van der Waals surface area contributed by atoms with Gasteiger partial charge in [0.1, 0.15) is 12.4 Å². The lowest BCUT2D eigenvalue weighted by atomic mass is 10.2. The average molecular weight is 334 g/mol. The third-order valence-electron chi connectivity index (χ3n) is 3.64. The number of ether oxygens (including phenoxy) is 1. The van der Waals surface area contributed by atoms with Gasteiger partial charge in [-0.3, -0.25) is 9.59 Å². The van der Waals surface area contributed by atoms with E-state index in [1.54, 1.807) is 16.5 Å². The lowest BCUT2D eigenvalue weighted by Gasteiger charge is -2.18. The van der Waals surface area contributed by atoms with Crippen molar-refractivity contribution in [2.75, 3.05) is 20.2 Å². The molecule has 2 aromatic rings. The van der Waals surface area contributed by atoms with Crippen LogP contribution in [0.5, 0.6) is 5.75 Å². The highest BCUT2D eigenvalue weighted by atomic mass is 32.1. The number of thiazole rings is 1. The molecule has 1 aromatic heterocycles. The first-order chi connectivity index (χ1) is 11.0. The Bertz CT molecular complexity index is 721. The Morgan fingerprint density at radius 2 is 2.13 bits per heavy atom. The Morgan fingerprint density at radius 1 is 1.35 bits per heavy atom. The smallest absolute Gasteiger partial charge is 0.307 e. The van der Waals surface area contributed by atoms with Gasteiger partial charge >= 0.3 is 4.87 Å². The first kappa shape index (κ1) is 17.3. The largest absolute Gasteiger partial charge is 0.492 e. The van der Waals surface area contributed by atoms with E-state index in [0.29, 0.717) is 26.1 Å². The third kappa shape index (κ3) is 4.96. The van der Waals surface area contributed by atoms with Crippen molar-refractivity contribution in [3.63, 3.8) is 0 Å². The Morgan fingerprint density at radius 3 is 2.78 bits per heavy atom. The van der Waals surface area contributed by atoms with Crippen LogP contribution in [0.1, 0.15) is 17.7 Å². The fraction of sp³-hybridized carbons (Fsp3) is 0.412. The number of aromatic nitrogens is 1. The predicted molar refractivity (Wildman–Crippen MR) is 92.2 cm³/mol. The van der Waals surface area contributed by atoms with E-state index >= 15 is 0 Å². The summed E-state index contributed by atoms with van der Waals surface area (Å²) in [5.74, 6) is 0.821. The predicted octanol–water partition coefficient (Wildman–Crippen LogP) is 2.45. The molecule has 0 spiro atoms. The Kier molecular flexibility index (Phi) is 5.98. The van der Waals surface area contributed by atoms with Crippen LogP contribution in [0.15, 0.2) is 34.4 Å². The summed E-state index contributed by atoms with van der Waals surface area (Å²) in [5.41, 5.74) is 2.04. The summed E-state index contributed by atoms with van der Waals surface area (Å²) in [7, 11) is 1.76. The lowest BCUT2D eigenvalue weighted by molar-refractivity contribution is -0.130. The van der Waals surface area contributed by atoms with Crippen LogP contribution in [0.3, 0.4) is 0 Å². The van der Waals surface area contributed by atoms with Gasteiger partial charge in [0.2, 0.25) is 5.91 Å². The van der Waals surface area contributed by atoms with Crippen LogP contribution in [-0.2, 0) is 11.3 Å². The van der Waals surface area contributed by atoms with Crippen molar-refractivity contribution in [3.05, 3.63) is 50.6 Å². The molecule has 6 heteroatoms. The number of rotatable bonds is 7. The zero-order valence-corrected chi connectivity index (χ0v) is 14.6. The minimum absolute atomic E-state index is 0.00958. The number of amides is 1. The summed E-state index contributed by atoms with van der Waals surface area (Å²) in [6.45, 7) is 5.28. The maximum absolute atomic E-state index is 12.1. The highest BCUT2D eigenvalue weighted by molar-refractivity contribution is 7.07. The molecule has 23 heavy (non-hydrogen) atoms. The standard InChI is InChI=1S/C17H22N2O3S/c1-13-5-4-6-15(11-13)22-10-9-18(3)16(20)7-8-19-14(2)12-23-17(19)21/h4-6,11-12H,7-10H2,1-3H3. The van der Waals surface area contributed by atoms with E-state index in [1.807, 2.05) is 43.5 Å². The molecule has 0 aliphatic heterocycles. The van der Waals surface area contributed by atoms with E-state index in [0.717, 1.165) is 17.0 Å². The molecule has 0 aliphatic carbocycles. The summed E-state index contributed by atoms with van der Waals surface area (Å²) >= 11 is 1.17. The minimum Gasteiger partial charge on any atom is -0.492 e. The Hall–Kier alpha value is -2.08. The number of carbonyl (C=O) groups is 1. The Balaban J connectivity index is 1.76. The molecule has 0 atom stereocenters. The normalized spacial score (nSPS) is 10.6. The van der Waals surface area contributed by atoms with Gasteiger partial charge in [-0.05, 0) is 31.5 Å². The molecule has 0 aliphatic rings. The summed E-state index contributed by atoms with van der Waals surface area (Å²) < 4.78 is 7.29. The van der Waals surface area contributed by atoms with Crippen LogP contribution in [0, 0.1) is 13.8 Å². The van der Waals surface area contributed by atoms with Gasteiger partial charge in [-0.1, -0.05) is 23.5 Å². The number of likely N-dealkylation sites (N-methyl/N-ethyl adjacent to an activating group) is 1. The van der Waals surface area contributed by atoms with Crippen molar-refractivity contribution in [3.8, 4) is 5.75 Å². The van der Waals surface area contributed by atoms with Gasteiger partial charge in [0.15, 0.2) is 0 Å². The van der Waals surface area contributed by atoms with Gasteiger partial charge in [0, 0.05) is 31.1 Å². The number of carbonyl (C=O) groups excluding carboxylic acids is 1. The third-order valence-corrected chi connectivity index (χ3v) is 4.52. The lowest BCUT2D eigenvalue weighted by Crippen LogP contribution is -2.32. The molecule has 2 rings (SSSR count). The number of hydrogen-bond donors (Lipinski definition) is 0. The minimum atomic E-state index is -0.0132. The number of aryl methyl sites for hydroxylation is 2. The van der Waals surface area contributed by atoms with Gasteiger partial charge < -0.3 is 14.2 Å². The maximum Gasteiger partial charge on any atom is 0.307 e. The zero-order valence-electron chi connectivity index (χ0n) is 13.7. The van der Waals surface area contributed by atoms with Crippen molar-refractivity contribution in [2.24, 2.45) is 0 Å². The molecule has 0 bridgehead atoms. The van der Waals surface area contributed by atoms with Crippen molar-refractivity contribution in [1.29, 1.82) is 0 Å². The van der Waals surface area contributed by atoms with Crippen molar-refractivity contribution >= 4 is 17.2 Å². The van der Waals surface area contributed by atoms with Crippen LogP contribution < -0.4 is 9.61 Å². The van der Waals surface area contributed by atoms with E-state index in [1.165, 1.54) is 11.3 Å². The van der Waals surface area contributed by atoms with Crippen LogP contribution in [-0.4, -0.2) is 35.6 Å². The molecule has 0 N–H and O–H groups in total. The summed E-state index contributed by atoms with van der Waals surface area (Å²) in [6.07, 6.45) is 0.318. The summed E-state index contributed by atoms with van der Waals surface area (Å²) in [6, 6.07) is 7.82. The number of nitrogens with zero attached hydrogens (tertiary/aromatic N) is 2. The molecule has 0 saturated heterocycles. The Labute approximate surface area is 140 Å². The number of hydrogen-bond acceptors (Lipinski definition) is 4. The second kappa shape index (κ2) is 7.97. The van der Waals surface area contributed by atoms with Crippen LogP contribution >= 0.6 is 11.3 Å². The molecular weight excluding hydrogens is 312 g/mol. The maximum atomic E-state index is 12.1. The first-order valence-corrected chi connectivity index (χ1v) is 8.43. The van der Waals surface area contributed by atoms with Crippen molar-refractivity contribution < 1.29 is 9.53 Å². The van der Waals surface area contributed by atoms with E-state index in [9.17, 15) is 9.59 Å². The highest BCUT2D eigenvalue weighted by Crippen LogP contribution is 2.12. The molecule has 0 saturated carbocycles. The molecular formula is C17H22N2O3S. The van der Waals surface area contributed by atoms with Gasteiger partial charge in [-0.2, -0.15) is 0 Å². The molecule has 0 unspecified atom stereocenters. The second-order valence-corrected chi connectivity index (χ2v) is 6.35. The molecule has 1 heterocycles. The van der Waals surface area contributed by atoms with Gasteiger partial charge in [-0.15, -0.1) is 0 Å². The first-order valence-electron chi connectivity index (χ1n) is 7.55. The molecule has 0 fully saturated rings. The summed E-state index contributed by atoms with van der Waals surface area (Å²) in [5, 5.41) is 1.81. The molecule has 1 aromatic carbocycles. The number of benzene rings is 1. The van der Waals surface area contributed by atoms with Crippen molar-refractivity contribution in [1.82, 2.24) is 9.47 Å². The topological polar surface area (TPSA) is 51.5 Å². The van der Waals surface area contributed by atoms with Crippen LogP contribution in [0.4, 0.5) is 0 Å². The summed E-state index contributed by atoms with van der Waals surface area (Å²) in [4.78, 5) is 25.4. The fourth-order valence-corrected chi connectivity index (χ4v) is 2.96. The van der Waals surface area contributed by atoms with Crippen molar-refractivity contribution in [2.45, 2.75) is 26.8 Å². The quantitative estimate of drug-likeness (QED) is 0.781. The van der Waals surface area contributed by atoms with Gasteiger partial charge in [0.05, 0.1) is 6.54 Å². The van der Waals surface area contributed by atoms with E-state index < -0.39 is 0 Å². The zero-order chi connectivity index (χ0) is 16.8. The molecule has 0 radical (unpaired) electrons. The SMILES string of the molecule is Cc1cccc(OCCN(C)C(=O)CCn2c(C)csc2=O)c1. The average Bonchev–Trinajstić information content (AvgIpc) is 2.83. The van der Waals surface area contributed by atoms with E-state index in [4.69, 9.17) is 4.74 Å². The van der Waals surface area contributed by atoms with Crippen LogP contribution in [0.25, 0.3) is 0 Å². The monoisotopic (exact) mass is 334 g/mol. The highest BCUT2D eigenvalue weighted by Gasteiger charge is 2.11. The van der Waals surface area contributed by atoms with Gasteiger partial charge in [-0.25, -0.2) is 0 Å². The van der Waals surface area contributed by atoms with E-state index in [2.05, 4.69) is 0 Å². The molecule has 124 valence electrons. The van der Waals surface area contributed by atoms with Gasteiger partial charge in [0.25, 0.3) is 0 Å². The fourth-order valence-electron chi connectivity index (χ4n) is 2.20. The second-order valence-electron chi connectivity index (χ2n) is 5.52. The molecule has 5 nitrogen and oxygen atoms in total.